The number of rotatable bonds is 10. The van der Waals surface area contributed by atoms with Crippen LogP contribution >= 0.6 is 0 Å². The van der Waals surface area contributed by atoms with E-state index in [0.29, 0.717) is 48.5 Å². The van der Waals surface area contributed by atoms with Crippen LogP contribution in [-0.4, -0.2) is 54.3 Å². The van der Waals surface area contributed by atoms with Gasteiger partial charge in [-0.2, -0.15) is 22.0 Å². The minimum absolute atomic E-state index is 0.111. The number of benzene rings is 1. The molecule has 1 aromatic heterocycles. The molecule has 1 unspecified atom stereocenters. The molecular formula is C24H27F6N3O3. The SMILES string of the molecule is O=C(NCc1cnoc1)c1ccc(OCCC2C[C@@H]2C2CCN(CC(F)(F)C(F)(F)F)CC2)cc1F. The molecule has 0 bridgehead atoms. The zero-order valence-electron chi connectivity index (χ0n) is 19.4. The second-order valence-corrected chi connectivity index (χ2v) is 9.47. The van der Waals surface area contributed by atoms with Crippen LogP contribution in [-0.2, 0) is 6.54 Å². The first-order valence-electron chi connectivity index (χ1n) is 11.8. The number of alkyl halides is 5. The number of nitrogens with one attached hydrogen (secondary N) is 1. The lowest BCUT2D eigenvalue weighted by Crippen LogP contribution is -2.49. The Hall–Kier alpha value is -2.76. The lowest BCUT2D eigenvalue weighted by molar-refractivity contribution is -0.287. The Morgan fingerprint density at radius 1 is 1.19 bits per heavy atom. The number of hydrogen-bond acceptors (Lipinski definition) is 5. The van der Waals surface area contributed by atoms with Crippen molar-refractivity contribution in [3.63, 3.8) is 0 Å². The number of hydrogen-bond donors (Lipinski definition) is 1. The van der Waals surface area contributed by atoms with Crippen molar-refractivity contribution >= 4 is 5.91 Å². The minimum Gasteiger partial charge on any atom is -0.493 e. The maximum Gasteiger partial charge on any atom is 0.454 e. The molecule has 12 heteroatoms. The van der Waals surface area contributed by atoms with Crippen molar-refractivity contribution in [1.82, 2.24) is 15.4 Å². The average Bonchev–Trinajstić information content (AvgIpc) is 3.38. The zero-order valence-corrected chi connectivity index (χ0v) is 19.4. The van der Waals surface area contributed by atoms with Crippen LogP contribution in [0, 0.1) is 23.6 Å². The van der Waals surface area contributed by atoms with Crippen molar-refractivity contribution in [2.75, 3.05) is 26.2 Å². The highest BCUT2D eigenvalue weighted by atomic mass is 19.4. The Kier molecular flexibility index (Phi) is 7.82. The monoisotopic (exact) mass is 519 g/mol. The summed E-state index contributed by atoms with van der Waals surface area (Å²) < 4.78 is 88.5. The van der Waals surface area contributed by atoms with Crippen LogP contribution in [0.4, 0.5) is 26.3 Å². The molecule has 2 atom stereocenters. The average molecular weight is 519 g/mol. The number of amides is 1. The first kappa shape index (κ1) is 26.3. The number of carbonyl (C=O) groups excluding carboxylic acids is 1. The Labute approximate surface area is 203 Å². The second-order valence-electron chi connectivity index (χ2n) is 9.47. The molecular weight excluding hydrogens is 492 g/mol. The molecule has 2 aromatic rings. The van der Waals surface area contributed by atoms with E-state index in [4.69, 9.17) is 4.74 Å². The Balaban J connectivity index is 1.15. The lowest BCUT2D eigenvalue weighted by atomic mass is 9.90. The number of ether oxygens (including phenoxy) is 1. The van der Waals surface area contributed by atoms with Crippen LogP contribution in [0.2, 0.25) is 0 Å². The van der Waals surface area contributed by atoms with Gasteiger partial charge in [-0.05, 0) is 68.7 Å². The van der Waals surface area contributed by atoms with Crippen molar-refractivity contribution in [1.29, 1.82) is 0 Å². The number of likely N-dealkylation sites (tertiary alicyclic amines) is 1. The Morgan fingerprint density at radius 3 is 2.58 bits per heavy atom. The van der Waals surface area contributed by atoms with Crippen molar-refractivity contribution in [3.8, 4) is 5.75 Å². The highest BCUT2D eigenvalue weighted by Gasteiger charge is 2.58. The van der Waals surface area contributed by atoms with Gasteiger partial charge in [-0.25, -0.2) is 4.39 Å². The van der Waals surface area contributed by atoms with Crippen molar-refractivity contribution in [3.05, 3.63) is 47.6 Å². The van der Waals surface area contributed by atoms with E-state index in [1.54, 1.807) is 0 Å². The Bertz CT molecular complexity index is 1020. The van der Waals surface area contributed by atoms with E-state index < -0.39 is 30.4 Å². The predicted octanol–water partition coefficient (Wildman–Crippen LogP) is 5.06. The van der Waals surface area contributed by atoms with Crippen LogP contribution in [0.3, 0.4) is 0 Å². The largest absolute Gasteiger partial charge is 0.493 e. The molecule has 1 saturated carbocycles. The molecule has 4 rings (SSSR count). The van der Waals surface area contributed by atoms with Crippen LogP contribution in [0.15, 0.2) is 35.2 Å². The van der Waals surface area contributed by atoms with Crippen LogP contribution in [0.5, 0.6) is 5.75 Å². The van der Waals surface area contributed by atoms with Gasteiger partial charge >= 0.3 is 12.1 Å². The normalized spacial score (nSPS) is 21.4. The van der Waals surface area contributed by atoms with Crippen molar-refractivity contribution in [2.24, 2.45) is 17.8 Å². The number of carbonyl (C=O) groups is 1. The maximum absolute atomic E-state index is 14.4. The summed E-state index contributed by atoms with van der Waals surface area (Å²) in [6, 6.07) is 4.03. The quantitative estimate of drug-likeness (QED) is 0.445. The zero-order chi connectivity index (χ0) is 25.9. The molecule has 1 saturated heterocycles. The van der Waals surface area contributed by atoms with Gasteiger partial charge in [0.05, 0.1) is 24.9 Å². The van der Waals surface area contributed by atoms with E-state index in [2.05, 4.69) is 15.0 Å². The van der Waals surface area contributed by atoms with Gasteiger partial charge in [0, 0.05) is 18.2 Å². The maximum atomic E-state index is 14.4. The second kappa shape index (κ2) is 10.7. The summed E-state index contributed by atoms with van der Waals surface area (Å²) in [5.41, 5.74) is 0.538. The van der Waals surface area contributed by atoms with E-state index in [9.17, 15) is 31.1 Å². The third-order valence-electron chi connectivity index (χ3n) is 6.93. The van der Waals surface area contributed by atoms with Gasteiger partial charge in [0.2, 0.25) is 0 Å². The van der Waals surface area contributed by atoms with Gasteiger partial charge in [0.15, 0.2) is 0 Å². The minimum atomic E-state index is -5.53. The fourth-order valence-corrected chi connectivity index (χ4v) is 4.78. The molecule has 1 N–H and O–H groups in total. The predicted molar refractivity (Wildman–Crippen MR) is 116 cm³/mol. The molecule has 198 valence electrons. The van der Waals surface area contributed by atoms with E-state index in [0.717, 1.165) is 18.9 Å². The summed E-state index contributed by atoms with van der Waals surface area (Å²) >= 11 is 0. The standard InChI is InChI=1S/C24H27F6N3O3/c25-21-10-18(1-2-19(21)22(34)31-11-15-12-32-36-13-15)35-8-5-17-9-20(17)16-3-6-33(7-4-16)14-23(26,27)24(28,29)30/h1-2,10,12-13,16-17,20H,3-9,11,14H2,(H,31,34)/t17?,20-/m1/s1. The van der Waals surface area contributed by atoms with Crippen LogP contribution in [0.1, 0.15) is 41.6 Å². The summed E-state index contributed by atoms with van der Waals surface area (Å²) in [5.74, 6) is -4.56. The fourth-order valence-electron chi connectivity index (χ4n) is 4.78. The van der Waals surface area contributed by atoms with Gasteiger partial charge in [0.25, 0.3) is 5.91 Å². The smallest absolute Gasteiger partial charge is 0.454 e. The third kappa shape index (κ3) is 6.51. The van der Waals surface area contributed by atoms with Crippen LogP contribution in [0.25, 0.3) is 0 Å². The van der Waals surface area contributed by atoms with Gasteiger partial charge in [0.1, 0.15) is 17.8 Å². The molecule has 1 aliphatic heterocycles. The van der Waals surface area contributed by atoms with Gasteiger partial charge in [-0.15, -0.1) is 0 Å². The molecule has 36 heavy (non-hydrogen) atoms. The van der Waals surface area contributed by atoms with E-state index in [1.165, 1.54) is 29.5 Å². The third-order valence-corrected chi connectivity index (χ3v) is 6.93. The van der Waals surface area contributed by atoms with E-state index in [1.807, 2.05) is 0 Å². The van der Waals surface area contributed by atoms with Crippen LogP contribution < -0.4 is 10.1 Å². The van der Waals surface area contributed by atoms with Crippen molar-refractivity contribution in [2.45, 2.75) is 44.3 Å². The summed E-state index contributed by atoms with van der Waals surface area (Å²) in [7, 11) is 0. The summed E-state index contributed by atoms with van der Waals surface area (Å²) in [6.07, 6.45) is 0.191. The molecule has 1 aliphatic carbocycles. The van der Waals surface area contributed by atoms with E-state index in [-0.39, 0.29) is 25.2 Å². The van der Waals surface area contributed by atoms with Gasteiger partial charge in [-0.3, -0.25) is 9.69 Å². The molecule has 0 radical (unpaired) electrons. The highest BCUT2D eigenvalue weighted by Crippen LogP contribution is 2.50. The van der Waals surface area contributed by atoms with Crippen molar-refractivity contribution < 1.29 is 40.4 Å². The number of piperidine rings is 1. The van der Waals surface area contributed by atoms with Gasteiger partial charge < -0.3 is 14.6 Å². The highest BCUT2D eigenvalue weighted by molar-refractivity contribution is 5.94. The van der Waals surface area contributed by atoms with E-state index >= 15 is 0 Å². The molecule has 1 amide bonds. The molecule has 2 fully saturated rings. The molecule has 1 aromatic carbocycles. The fraction of sp³-hybridized carbons (Fsp3) is 0.583. The summed E-state index contributed by atoms with van der Waals surface area (Å²) in [6.45, 7) is -0.315. The molecule has 6 nitrogen and oxygen atoms in total. The molecule has 0 spiro atoms. The first-order valence-corrected chi connectivity index (χ1v) is 11.8. The van der Waals surface area contributed by atoms with Gasteiger partial charge in [-0.1, -0.05) is 5.16 Å². The summed E-state index contributed by atoms with van der Waals surface area (Å²) in [5, 5.41) is 6.10. The number of aromatic nitrogens is 1. The Morgan fingerprint density at radius 2 is 1.94 bits per heavy atom. The topological polar surface area (TPSA) is 67.6 Å². The molecule has 2 heterocycles. The number of halogens is 6. The first-order chi connectivity index (χ1) is 17.0. The molecule has 2 aliphatic rings. The lowest BCUT2D eigenvalue weighted by Gasteiger charge is -2.34. The number of nitrogens with zero attached hydrogens (tertiary/aromatic N) is 2. The summed E-state index contributed by atoms with van der Waals surface area (Å²) in [4.78, 5) is 13.4.